The Bertz CT molecular complexity index is 229. The molecule has 1 aromatic heterocycles. The van der Waals surface area contributed by atoms with Gasteiger partial charge >= 0.3 is 0 Å². The minimum atomic E-state index is 0.600. The van der Waals surface area contributed by atoms with Gasteiger partial charge < -0.3 is 5.43 Å². The molecule has 0 saturated carbocycles. The summed E-state index contributed by atoms with van der Waals surface area (Å²) >= 11 is 0. The van der Waals surface area contributed by atoms with E-state index in [0.717, 1.165) is 12.1 Å². The van der Waals surface area contributed by atoms with Crippen LogP contribution in [0.2, 0.25) is 0 Å². The van der Waals surface area contributed by atoms with E-state index in [0.29, 0.717) is 11.7 Å². The van der Waals surface area contributed by atoms with Crippen LogP contribution in [0.3, 0.4) is 0 Å². The summed E-state index contributed by atoms with van der Waals surface area (Å²) in [5.41, 5.74) is 3.44. The lowest BCUT2D eigenvalue weighted by molar-refractivity contribution is 0.628. The van der Waals surface area contributed by atoms with E-state index in [-0.39, 0.29) is 0 Å². The van der Waals surface area contributed by atoms with Crippen LogP contribution >= 0.6 is 0 Å². The molecule has 0 atom stereocenters. The molecule has 0 unspecified atom stereocenters. The Balaban J connectivity index is 2.65. The summed E-state index contributed by atoms with van der Waals surface area (Å²) in [5.74, 6) is 6.36. The molecule has 0 aliphatic heterocycles. The Labute approximate surface area is 72.2 Å². The maximum absolute atomic E-state index is 5.15. The molecule has 0 radical (unpaired) electrons. The third-order valence-electron chi connectivity index (χ3n) is 1.49. The summed E-state index contributed by atoms with van der Waals surface area (Å²) in [6.45, 7) is 4.30. The summed E-state index contributed by atoms with van der Waals surface area (Å²) < 4.78 is 0. The van der Waals surface area contributed by atoms with Crippen molar-refractivity contribution in [3.05, 3.63) is 17.8 Å². The monoisotopic (exact) mass is 166 g/mol. The molecule has 66 valence electrons. The molecule has 1 aromatic rings. The molecule has 0 saturated heterocycles. The van der Waals surface area contributed by atoms with Gasteiger partial charge in [-0.05, 0) is 24.5 Å². The molecule has 1 rings (SSSR count). The number of hydrazine groups is 1. The maximum Gasteiger partial charge on any atom is 0.162 e. The van der Waals surface area contributed by atoms with Gasteiger partial charge in [-0.25, -0.2) is 5.84 Å². The van der Waals surface area contributed by atoms with Crippen LogP contribution in [0.15, 0.2) is 12.1 Å². The zero-order valence-corrected chi connectivity index (χ0v) is 7.41. The second kappa shape index (κ2) is 4.01. The van der Waals surface area contributed by atoms with E-state index in [9.17, 15) is 0 Å². The SMILES string of the molecule is CC(C)Cc1ccc(NN)nn1. The fraction of sp³-hybridized carbons (Fsp3) is 0.500. The van der Waals surface area contributed by atoms with Crippen molar-refractivity contribution in [2.45, 2.75) is 20.3 Å². The molecule has 0 bridgehead atoms. The highest BCUT2D eigenvalue weighted by Crippen LogP contribution is 2.05. The van der Waals surface area contributed by atoms with Gasteiger partial charge in [0.2, 0.25) is 0 Å². The topological polar surface area (TPSA) is 63.8 Å². The van der Waals surface area contributed by atoms with Crippen LogP contribution in [0.4, 0.5) is 5.82 Å². The third-order valence-corrected chi connectivity index (χ3v) is 1.49. The lowest BCUT2D eigenvalue weighted by atomic mass is 10.1. The third kappa shape index (κ3) is 2.47. The largest absolute Gasteiger partial charge is 0.307 e. The molecule has 0 aliphatic rings. The number of aromatic nitrogens is 2. The van der Waals surface area contributed by atoms with Crippen molar-refractivity contribution < 1.29 is 0 Å². The Morgan fingerprint density at radius 2 is 2.17 bits per heavy atom. The molecule has 0 aromatic carbocycles. The predicted molar refractivity (Wildman–Crippen MR) is 48.4 cm³/mol. The summed E-state index contributed by atoms with van der Waals surface area (Å²) in [6.07, 6.45) is 0.956. The van der Waals surface area contributed by atoms with Crippen LogP contribution in [0.25, 0.3) is 0 Å². The summed E-state index contributed by atoms with van der Waals surface area (Å²) in [5, 5.41) is 7.86. The van der Waals surface area contributed by atoms with E-state index in [1.165, 1.54) is 0 Å². The van der Waals surface area contributed by atoms with Gasteiger partial charge in [0.25, 0.3) is 0 Å². The Kier molecular flexibility index (Phi) is 2.99. The number of rotatable bonds is 3. The van der Waals surface area contributed by atoms with Crippen LogP contribution in [-0.2, 0) is 6.42 Å². The molecule has 1 heterocycles. The Morgan fingerprint density at radius 1 is 1.42 bits per heavy atom. The molecule has 0 spiro atoms. The van der Waals surface area contributed by atoms with Gasteiger partial charge in [-0.3, -0.25) is 0 Å². The summed E-state index contributed by atoms with van der Waals surface area (Å²) in [6, 6.07) is 3.76. The first-order chi connectivity index (χ1) is 5.72. The summed E-state index contributed by atoms with van der Waals surface area (Å²) in [4.78, 5) is 0. The molecule has 4 nitrogen and oxygen atoms in total. The number of hydrogen-bond acceptors (Lipinski definition) is 4. The van der Waals surface area contributed by atoms with Crippen molar-refractivity contribution >= 4 is 5.82 Å². The zero-order valence-electron chi connectivity index (χ0n) is 7.41. The smallest absolute Gasteiger partial charge is 0.162 e. The minimum absolute atomic E-state index is 0.600. The average Bonchev–Trinajstić information content (AvgIpc) is 2.05. The van der Waals surface area contributed by atoms with Gasteiger partial charge in [0.1, 0.15) is 0 Å². The predicted octanol–water partition coefficient (Wildman–Crippen LogP) is 0.961. The quantitative estimate of drug-likeness (QED) is 0.518. The number of nitrogens with zero attached hydrogens (tertiary/aromatic N) is 2. The van der Waals surface area contributed by atoms with Crippen LogP contribution in [-0.4, -0.2) is 10.2 Å². The molecule has 0 amide bonds. The first-order valence-electron chi connectivity index (χ1n) is 4.01. The van der Waals surface area contributed by atoms with Crippen LogP contribution in [0.1, 0.15) is 19.5 Å². The second-order valence-electron chi connectivity index (χ2n) is 3.15. The van der Waals surface area contributed by atoms with Crippen molar-refractivity contribution in [1.29, 1.82) is 0 Å². The van der Waals surface area contributed by atoms with Crippen LogP contribution in [0, 0.1) is 5.92 Å². The Morgan fingerprint density at radius 3 is 2.58 bits per heavy atom. The number of anilines is 1. The van der Waals surface area contributed by atoms with Gasteiger partial charge in [0.15, 0.2) is 5.82 Å². The van der Waals surface area contributed by atoms with Crippen molar-refractivity contribution in [3.8, 4) is 0 Å². The van der Waals surface area contributed by atoms with E-state index < -0.39 is 0 Å². The van der Waals surface area contributed by atoms with E-state index in [4.69, 9.17) is 5.84 Å². The number of nitrogens with two attached hydrogens (primary N) is 1. The molecule has 0 fully saturated rings. The highest BCUT2D eigenvalue weighted by molar-refractivity contribution is 5.30. The fourth-order valence-corrected chi connectivity index (χ4v) is 0.964. The van der Waals surface area contributed by atoms with Crippen LogP contribution < -0.4 is 11.3 Å². The van der Waals surface area contributed by atoms with Crippen molar-refractivity contribution in [2.24, 2.45) is 11.8 Å². The standard InChI is InChI=1S/C8H14N4/c1-6(2)5-7-3-4-8(10-9)12-11-7/h3-4,6H,5,9H2,1-2H3,(H,10,12). The number of hydrogen-bond donors (Lipinski definition) is 2. The normalized spacial score (nSPS) is 10.3. The first kappa shape index (κ1) is 8.93. The van der Waals surface area contributed by atoms with E-state index in [1.807, 2.05) is 12.1 Å². The average molecular weight is 166 g/mol. The van der Waals surface area contributed by atoms with Gasteiger partial charge in [0.05, 0.1) is 5.69 Å². The van der Waals surface area contributed by atoms with E-state index in [1.54, 1.807) is 0 Å². The highest BCUT2D eigenvalue weighted by atomic mass is 15.3. The van der Waals surface area contributed by atoms with Gasteiger partial charge in [-0.2, -0.15) is 5.10 Å². The van der Waals surface area contributed by atoms with Crippen LogP contribution in [0.5, 0.6) is 0 Å². The fourth-order valence-electron chi connectivity index (χ4n) is 0.964. The number of nitrogens with one attached hydrogen (secondary N) is 1. The second-order valence-corrected chi connectivity index (χ2v) is 3.15. The molecule has 12 heavy (non-hydrogen) atoms. The molecule has 0 aliphatic carbocycles. The van der Waals surface area contributed by atoms with Gasteiger partial charge in [-0.1, -0.05) is 13.8 Å². The maximum atomic E-state index is 5.15. The highest BCUT2D eigenvalue weighted by Gasteiger charge is 1.99. The molecule has 3 N–H and O–H groups in total. The zero-order chi connectivity index (χ0) is 8.97. The van der Waals surface area contributed by atoms with Gasteiger partial charge in [0, 0.05) is 0 Å². The van der Waals surface area contributed by atoms with Crippen molar-refractivity contribution in [2.75, 3.05) is 5.43 Å². The molecular formula is C8H14N4. The molecular weight excluding hydrogens is 152 g/mol. The minimum Gasteiger partial charge on any atom is -0.307 e. The first-order valence-corrected chi connectivity index (χ1v) is 4.01. The lowest BCUT2D eigenvalue weighted by Crippen LogP contribution is -2.10. The lowest BCUT2D eigenvalue weighted by Gasteiger charge is -2.03. The van der Waals surface area contributed by atoms with Crippen molar-refractivity contribution in [1.82, 2.24) is 10.2 Å². The van der Waals surface area contributed by atoms with Gasteiger partial charge in [-0.15, -0.1) is 5.10 Å². The Hall–Kier alpha value is -1.16. The number of nitrogen functional groups attached to an aromatic ring is 1. The van der Waals surface area contributed by atoms with E-state index >= 15 is 0 Å². The summed E-state index contributed by atoms with van der Waals surface area (Å²) in [7, 11) is 0. The molecule has 4 heteroatoms. The van der Waals surface area contributed by atoms with Crippen molar-refractivity contribution in [3.63, 3.8) is 0 Å². The van der Waals surface area contributed by atoms with E-state index in [2.05, 4.69) is 29.5 Å².